The minimum Gasteiger partial charge on any atom is -0.481 e. The molecule has 2 aliphatic rings. The molecule has 1 amide bonds. The van der Waals surface area contributed by atoms with Crippen molar-refractivity contribution in [2.75, 3.05) is 0 Å². The molecular weight excluding hydrogens is 254 g/mol. The molecule has 0 saturated heterocycles. The summed E-state index contributed by atoms with van der Waals surface area (Å²) in [5.41, 5.74) is 0.0176. The van der Waals surface area contributed by atoms with E-state index in [-0.39, 0.29) is 29.7 Å². The van der Waals surface area contributed by atoms with Gasteiger partial charge in [0.2, 0.25) is 5.91 Å². The summed E-state index contributed by atoms with van der Waals surface area (Å²) < 4.78 is 0. The molecule has 2 saturated carbocycles. The van der Waals surface area contributed by atoms with Gasteiger partial charge in [-0.3, -0.25) is 9.59 Å². The molecule has 0 aromatic rings. The van der Waals surface area contributed by atoms with Gasteiger partial charge >= 0.3 is 5.97 Å². The molecule has 0 heterocycles. The highest BCUT2D eigenvalue weighted by Gasteiger charge is 2.54. The Bertz CT molecular complexity index is 374. The number of fused-ring (bicyclic) bond motifs is 1. The Balaban J connectivity index is 1.90. The third kappa shape index (κ3) is 3.97. The molecule has 0 aromatic heterocycles. The van der Waals surface area contributed by atoms with Crippen LogP contribution in [-0.4, -0.2) is 23.0 Å². The molecule has 20 heavy (non-hydrogen) atoms. The van der Waals surface area contributed by atoms with Crippen molar-refractivity contribution in [3.8, 4) is 0 Å². The monoisotopic (exact) mass is 281 g/mol. The smallest absolute Gasteiger partial charge is 0.305 e. The van der Waals surface area contributed by atoms with E-state index >= 15 is 0 Å². The van der Waals surface area contributed by atoms with Crippen molar-refractivity contribution in [2.24, 2.45) is 23.2 Å². The van der Waals surface area contributed by atoms with Gasteiger partial charge in [-0.1, -0.05) is 33.6 Å². The highest BCUT2D eigenvalue weighted by Crippen LogP contribution is 2.55. The molecular formula is C16H27NO3. The van der Waals surface area contributed by atoms with Crippen LogP contribution in [0, 0.1) is 23.2 Å². The van der Waals surface area contributed by atoms with E-state index in [1.165, 1.54) is 25.7 Å². The van der Waals surface area contributed by atoms with E-state index in [2.05, 4.69) is 26.1 Å². The summed E-state index contributed by atoms with van der Waals surface area (Å²) in [5.74, 6) is 0.562. The van der Waals surface area contributed by atoms with Gasteiger partial charge in [-0.2, -0.15) is 0 Å². The summed E-state index contributed by atoms with van der Waals surface area (Å²) >= 11 is 0. The summed E-state index contributed by atoms with van der Waals surface area (Å²) in [4.78, 5) is 23.3. The fourth-order valence-electron chi connectivity index (χ4n) is 3.80. The van der Waals surface area contributed by atoms with E-state index in [1.807, 2.05) is 0 Å². The number of amides is 1. The molecule has 4 heteroatoms. The van der Waals surface area contributed by atoms with Crippen LogP contribution < -0.4 is 5.32 Å². The molecule has 0 bridgehead atoms. The zero-order valence-corrected chi connectivity index (χ0v) is 12.8. The molecule has 3 atom stereocenters. The molecule has 114 valence electrons. The summed E-state index contributed by atoms with van der Waals surface area (Å²) in [6.07, 6.45) is 5.55. The van der Waals surface area contributed by atoms with Gasteiger partial charge in [0.25, 0.3) is 0 Å². The van der Waals surface area contributed by atoms with Gasteiger partial charge in [0.05, 0.1) is 6.42 Å². The molecule has 0 radical (unpaired) electrons. The zero-order chi connectivity index (χ0) is 14.9. The van der Waals surface area contributed by atoms with Gasteiger partial charge in [-0.25, -0.2) is 0 Å². The van der Waals surface area contributed by atoms with Gasteiger partial charge in [0.1, 0.15) is 0 Å². The van der Waals surface area contributed by atoms with Crippen molar-refractivity contribution in [1.29, 1.82) is 0 Å². The van der Waals surface area contributed by atoms with Crippen LogP contribution in [-0.2, 0) is 9.59 Å². The lowest BCUT2D eigenvalue weighted by atomic mass is 9.87. The number of aliphatic carboxylic acids is 1. The van der Waals surface area contributed by atoms with E-state index in [0.717, 1.165) is 0 Å². The summed E-state index contributed by atoms with van der Waals surface area (Å²) in [6, 6.07) is -0.248. The number of carbonyl (C=O) groups is 2. The van der Waals surface area contributed by atoms with E-state index < -0.39 is 5.97 Å². The van der Waals surface area contributed by atoms with E-state index in [0.29, 0.717) is 18.3 Å². The Morgan fingerprint density at radius 2 is 1.75 bits per heavy atom. The highest BCUT2D eigenvalue weighted by molar-refractivity contribution is 5.83. The Labute approximate surface area is 121 Å². The minimum absolute atomic E-state index is 0.0176. The van der Waals surface area contributed by atoms with E-state index in [1.54, 1.807) is 0 Å². The molecule has 0 aliphatic heterocycles. The third-order valence-corrected chi connectivity index (χ3v) is 4.59. The topological polar surface area (TPSA) is 66.4 Å². The lowest BCUT2D eigenvalue weighted by Crippen LogP contribution is -2.40. The number of hydrogen-bond donors (Lipinski definition) is 2. The number of hydrogen-bond acceptors (Lipinski definition) is 2. The van der Waals surface area contributed by atoms with Crippen LogP contribution in [0.4, 0.5) is 0 Å². The maximum Gasteiger partial charge on any atom is 0.305 e. The Hall–Kier alpha value is -1.06. The first-order chi connectivity index (χ1) is 9.28. The Kier molecular flexibility index (Phi) is 4.40. The molecule has 0 aromatic carbocycles. The van der Waals surface area contributed by atoms with E-state index in [4.69, 9.17) is 5.11 Å². The van der Waals surface area contributed by atoms with Gasteiger partial charge < -0.3 is 10.4 Å². The number of nitrogens with one attached hydrogen (secondary N) is 1. The molecule has 3 unspecified atom stereocenters. The fraction of sp³-hybridized carbons (Fsp3) is 0.875. The molecule has 0 spiro atoms. The van der Waals surface area contributed by atoms with Gasteiger partial charge in [-0.05, 0) is 36.5 Å². The zero-order valence-electron chi connectivity index (χ0n) is 12.8. The number of carboxylic acid groups (broad SMARTS) is 1. The summed E-state index contributed by atoms with van der Waals surface area (Å²) in [5, 5.41) is 12.0. The maximum absolute atomic E-state index is 12.3. The standard InChI is InChI=1S/C16H27NO3/c1-16(2,3)9-10(8-13(18)19)17-15(20)14-11-6-4-5-7-12(11)14/h10-12,14H,4-9H2,1-3H3,(H,17,20)(H,18,19). The second-order valence-electron chi connectivity index (χ2n) is 7.71. The lowest BCUT2D eigenvalue weighted by molar-refractivity contribution is -0.138. The second kappa shape index (κ2) is 5.74. The number of rotatable bonds is 5. The van der Waals surface area contributed by atoms with Crippen molar-refractivity contribution >= 4 is 11.9 Å². The predicted molar refractivity (Wildman–Crippen MR) is 77.2 cm³/mol. The van der Waals surface area contributed by atoms with Crippen LogP contribution in [0.25, 0.3) is 0 Å². The molecule has 2 fully saturated rings. The van der Waals surface area contributed by atoms with Crippen LogP contribution >= 0.6 is 0 Å². The quantitative estimate of drug-likeness (QED) is 0.814. The molecule has 2 N–H and O–H groups in total. The van der Waals surface area contributed by atoms with Crippen molar-refractivity contribution in [1.82, 2.24) is 5.32 Å². The molecule has 4 nitrogen and oxygen atoms in total. The minimum atomic E-state index is -0.840. The van der Waals surface area contributed by atoms with Crippen LogP contribution in [0.15, 0.2) is 0 Å². The first-order valence-corrected chi connectivity index (χ1v) is 7.80. The average Bonchev–Trinajstić information content (AvgIpc) is 2.99. The van der Waals surface area contributed by atoms with Crippen LogP contribution in [0.1, 0.15) is 59.3 Å². The fourth-order valence-corrected chi connectivity index (χ4v) is 3.80. The predicted octanol–water partition coefficient (Wildman–Crippen LogP) is 2.82. The largest absolute Gasteiger partial charge is 0.481 e. The summed E-state index contributed by atoms with van der Waals surface area (Å²) in [7, 11) is 0. The first kappa shape index (κ1) is 15.3. The lowest BCUT2D eigenvalue weighted by Gasteiger charge is -2.26. The Morgan fingerprint density at radius 1 is 1.20 bits per heavy atom. The van der Waals surface area contributed by atoms with Crippen molar-refractivity contribution in [2.45, 2.75) is 65.3 Å². The second-order valence-corrected chi connectivity index (χ2v) is 7.71. The number of carboxylic acids is 1. The van der Waals surface area contributed by atoms with Gasteiger partial charge in [-0.15, -0.1) is 0 Å². The Morgan fingerprint density at radius 3 is 2.20 bits per heavy atom. The van der Waals surface area contributed by atoms with Gasteiger partial charge in [0.15, 0.2) is 0 Å². The number of carbonyl (C=O) groups excluding carboxylic acids is 1. The average molecular weight is 281 g/mol. The van der Waals surface area contributed by atoms with Crippen LogP contribution in [0.5, 0.6) is 0 Å². The van der Waals surface area contributed by atoms with E-state index in [9.17, 15) is 9.59 Å². The normalized spacial score (nSPS) is 30.2. The van der Waals surface area contributed by atoms with Crippen molar-refractivity contribution < 1.29 is 14.7 Å². The molecule has 2 aliphatic carbocycles. The summed E-state index contributed by atoms with van der Waals surface area (Å²) in [6.45, 7) is 6.22. The molecule has 2 rings (SSSR count). The third-order valence-electron chi connectivity index (χ3n) is 4.59. The SMILES string of the molecule is CC(C)(C)CC(CC(=O)O)NC(=O)C1C2CCCCC21. The first-order valence-electron chi connectivity index (χ1n) is 7.80. The van der Waals surface area contributed by atoms with Crippen molar-refractivity contribution in [3.05, 3.63) is 0 Å². The van der Waals surface area contributed by atoms with Crippen molar-refractivity contribution in [3.63, 3.8) is 0 Å². The van der Waals surface area contributed by atoms with Crippen LogP contribution in [0.2, 0.25) is 0 Å². The van der Waals surface area contributed by atoms with Crippen LogP contribution in [0.3, 0.4) is 0 Å². The highest BCUT2D eigenvalue weighted by atomic mass is 16.4. The maximum atomic E-state index is 12.3. The van der Waals surface area contributed by atoms with Gasteiger partial charge in [0, 0.05) is 12.0 Å².